The lowest BCUT2D eigenvalue weighted by Crippen LogP contribution is -2.39. The average molecular weight is 394 g/mol. The van der Waals surface area contributed by atoms with Gasteiger partial charge in [-0.3, -0.25) is 9.69 Å². The van der Waals surface area contributed by atoms with Crippen LogP contribution < -0.4 is 10.6 Å². The van der Waals surface area contributed by atoms with Crippen LogP contribution in [0.15, 0.2) is 42.6 Å². The molecule has 2 aromatic rings. The molecule has 0 bridgehead atoms. The third-order valence-corrected chi connectivity index (χ3v) is 4.31. The molecule has 9 heteroatoms. The number of aromatic nitrogens is 1. The van der Waals surface area contributed by atoms with Crippen molar-refractivity contribution in [2.75, 3.05) is 50.0 Å². The molecule has 0 radical (unpaired) electrons. The fourth-order valence-electron chi connectivity index (χ4n) is 2.78. The molecule has 1 fully saturated rings. The standard InChI is InChI=1S/C19H21F3N4O2/c20-19(21,22)15-2-1-3-16(12-15)25-18(27)14-4-5-17(24-13-14)23-6-7-26-8-10-28-11-9-26/h1-5,12-13H,6-11H2,(H,23,24)(H,25,27). The lowest BCUT2D eigenvalue weighted by Gasteiger charge is -2.26. The molecule has 1 aliphatic heterocycles. The summed E-state index contributed by atoms with van der Waals surface area (Å²) in [6.45, 7) is 4.88. The molecule has 0 aliphatic carbocycles. The first-order chi connectivity index (χ1) is 13.4. The van der Waals surface area contributed by atoms with Crippen molar-refractivity contribution in [2.24, 2.45) is 0 Å². The van der Waals surface area contributed by atoms with Crippen molar-refractivity contribution in [1.82, 2.24) is 9.88 Å². The number of halogens is 3. The highest BCUT2D eigenvalue weighted by Crippen LogP contribution is 2.30. The van der Waals surface area contributed by atoms with E-state index < -0.39 is 17.6 Å². The second-order valence-corrected chi connectivity index (χ2v) is 6.35. The summed E-state index contributed by atoms with van der Waals surface area (Å²) in [6.07, 6.45) is -3.07. The van der Waals surface area contributed by atoms with E-state index in [2.05, 4.69) is 20.5 Å². The van der Waals surface area contributed by atoms with Crippen molar-refractivity contribution in [3.63, 3.8) is 0 Å². The molecule has 2 heterocycles. The van der Waals surface area contributed by atoms with Gasteiger partial charge in [0.2, 0.25) is 0 Å². The Hall–Kier alpha value is -2.65. The van der Waals surface area contributed by atoms with Gasteiger partial charge in [-0.25, -0.2) is 4.98 Å². The Labute approximate surface area is 160 Å². The van der Waals surface area contributed by atoms with Crippen LogP contribution in [0.4, 0.5) is 24.7 Å². The maximum absolute atomic E-state index is 12.8. The molecule has 0 saturated carbocycles. The monoisotopic (exact) mass is 394 g/mol. The number of nitrogens with zero attached hydrogens (tertiary/aromatic N) is 2. The quantitative estimate of drug-likeness (QED) is 0.788. The van der Waals surface area contributed by atoms with Crippen molar-refractivity contribution >= 4 is 17.4 Å². The molecule has 6 nitrogen and oxygen atoms in total. The van der Waals surface area contributed by atoms with E-state index in [1.807, 2.05) is 0 Å². The van der Waals surface area contributed by atoms with Gasteiger partial charge in [-0.05, 0) is 30.3 Å². The minimum Gasteiger partial charge on any atom is -0.379 e. The molecule has 1 amide bonds. The second kappa shape index (κ2) is 9.03. The zero-order valence-corrected chi connectivity index (χ0v) is 15.1. The summed E-state index contributed by atoms with van der Waals surface area (Å²) in [5, 5.41) is 5.64. The molecular weight excluding hydrogens is 373 g/mol. The van der Waals surface area contributed by atoms with Gasteiger partial charge in [-0.15, -0.1) is 0 Å². The second-order valence-electron chi connectivity index (χ2n) is 6.35. The molecule has 2 N–H and O–H groups in total. The summed E-state index contributed by atoms with van der Waals surface area (Å²) in [4.78, 5) is 18.7. The van der Waals surface area contributed by atoms with Crippen LogP contribution in [0, 0.1) is 0 Å². The number of hydrogen-bond donors (Lipinski definition) is 2. The van der Waals surface area contributed by atoms with E-state index in [9.17, 15) is 18.0 Å². The SMILES string of the molecule is O=C(Nc1cccc(C(F)(F)F)c1)c1ccc(NCCN2CCOCC2)nc1. The molecule has 0 unspecified atom stereocenters. The van der Waals surface area contributed by atoms with Crippen molar-refractivity contribution in [3.05, 3.63) is 53.7 Å². The van der Waals surface area contributed by atoms with E-state index >= 15 is 0 Å². The summed E-state index contributed by atoms with van der Waals surface area (Å²) >= 11 is 0. The molecule has 0 atom stereocenters. The molecule has 150 valence electrons. The van der Waals surface area contributed by atoms with Crippen molar-refractivity contribution in [1.29, 1.82) is 0 Å². The Balaban J connectivity index is 1.52. The van der Waals surface area contributed by atoms with E-state index in [1.54, 1.807) is 12.1 Å². The zero-order valence-electron chi connectivity index (χ0n) is 15.1. The summed E-state index contributed by atoms with van der Waals surface area (Å²) in [5.74, 6) is 0.107. The fraction of sp³-hybridized carbons (Fsp3) is 0.368. The van der Waals surface area contributed by atoms with Crippen LogP contribution in [0.2, 0.25) is 0 Å². The van der Waals surface area contributed by atoms with Crippen LogP contribution in [0.5, 0.6) is 0 Å². The lowest BCUT2D eigenvalue weighted by atomic mass is 10.2. The molecule has 3 rings (SSSR count). The summed E-state index contributed by atoms with van der Waals surface area (Å²) in [5.41, 5.74) is -0.480. The number of nitrogens with one attached hydrogen (secondary N) is 2. The van der Waals surface area contributed by atoms with Gasteiger partial charge >= 0.3 is 6.18 Å². The minimum atomic E-state index is -4.46. The van der Waals surface area contributed by atoms with Gasteiger partial charge < -0.3 is 15.4 Å². The molecule has 1 aromatic carbocycles. The molecule has 1 aliphatic rings. The number of carbonyl (C=O) groups is 1. The number of ether oxygens (including phenoxy) is 1. The van der Waals surface area contributed by atoms with Gasteiger partial charge in [0, 0.05) is 38.1 Å². The zero-order chi connectivity index (χ0) is 20.0. The Bertz CT molecular complexity index is 791. The normalized spacial score (nSPS) is 15.2. The lowest BCUT2D eigenvalue weighted by molar-refractivity contribution is -0.137. The highest BCUT2D eigenvalue weighted by atomic mass is 19.4. The van der Waals surface area contributed by atoms with Crippen molar-refractivity contribution in [3.8, 4) is 0 Å². The van der Waals surface area contributed by atoms with Crippen molar-refractivity contribution < 1.29 is 22.7 Å². The van der Waals surface area contributed by atoms with Gasteiger partial charge in [0.15, 0.2) is 0 Å². The molecule has 1 saturated heterocycles. The Morgan fingerprint density at radius 2 is 1.96 bits per heavy atom. The van der Waals surface area contributed by atoms with E-state index in [0.717, 1.165) is 45.0 Å². The first kappa shape index (κ1) is 20.1. The highest BCUT2D eigenvalue weighted by Gasteiger charge is 2.30. The number of carbonyl (C=O) groups excluding carboxylic acids is 1. The van der Waals surface area contributed by atoms with Crippen LogP contribution in [0.3, 0.4) is 0 Å². The van der Waals surface area contributed by atoms with Gasteiger partial charge in [-0.1, -0.05) is 6.07 Å². The topological polar surface area (TPSA) is 66.5 Å². The molecule has 0 spiro atoms. The Kier molecular flexibility index (Phi) is 6.48. The first-order valence-electron chi connectivity index (χ1n) is 8.90. The third-order valence-electron chi connectivity index (χ3n) is 4.31. The van der Waals surface area contributed by atoms with Crippen LogP contribution >= 0.6 is 0 Å². The van der Waals surface area contributed by atoms with Crippen LogP contribution in [0.25, 0.3) is 0 Å². The Morgan fingerprint density at radius 3 is 2.64 bits per heavy atom. The van der Waals surface area contributed by atoms with E-state index in [-0.39, 0.29) is 11.3 Å². The highest BCUT2D eigenvalue weighted by molar-refractivity contribution is 6.04. The number of pyridine rings is 1. The minimum absolute atomic E-state index is 0.0764. The van der Waals surface area contributed by atoms with E-state index in [0.29, 0.717) is 12.4 Å². The summed E-state index contributed by atoms with van der Waals surface area (Å²) < 4.78 is 43.6. The van der Waals surface area contributed by atoms with Gasteiger partial charge in [0.25, 0.3) is 5.91 Å². The van der Waals surface area contributed by atoms with Crippen LogP contribution in [-0.2, 0) is 10.9 Å². The van der Waals surface area contributed by atoms with Gasteiger partial charge in [-0.2, -0.15) is 13.2 Å². The number of hydrogen-bond acceptors (Lipinski definition) is 5. The average Bonchev–Trinajstić information content (AvgIpc) is 2.69. The van der Waals surface area contributed by atoms with E-state index in [4.69, 9.17) is 4.74 Å². The predicted octanol–water partition coefficient (Wildman–Crippen LogP) is 3.10. The van der Waals surface area contributed by atoms with Gasteiger partial charge in [0.05, 0.1) is 24.3 Å². The van der Waals surface area contributed by atoms with Crippen LogP contribution in [0.1, 0.15) is 15.9 Å². The Morgan fingerprint density at radius 1 is 1.18 bits per heavy atom. The molecular formula is C19H21F3N4O2. The smallest absolute Gasteiger partial charge is 0.379 e. The number of amides is 1. The summed E-state index contributed by atoms with van der Waals surface area (Å²) in [6, 6.07) is 7.75. The maximum Gasteiger partial charge on any atom is 0.416 e. The van der Waals surface area contributed by atoms with Crippen LogP contribution in [-0.4, -0.2) is 55.2 Å². The van der Waals surface area contributed by atoms with E-state index in [1.165, 1.54) is 18.3 Å². The number of alkyl halides is 3. The number of morpholine rings is 1. The number of anilines is 2. The third kappa shape index (κ3) is 5.67. The maximum atomic E-state index is 12.8. The largest absolute Gasteiger partial charge is 0.416 e. The predicted molar refractivity (Wildman–Crippen MR) is 99.4 cm³/mol. The number of benzene rings is 1. The molecule has 1 aromatic heterocycles. The van der Waals surface area contributed by atoms with Gasteiger partial charge in [0.1, 0.15) is 5.82 Å². The summed E-state index contributed by atoms with van der Waals surface area (Å²) in [7, 11) is 0. The first-order valence-corrected chi connectivity index (χ1v) is 8.90. The molecule has 28 heavy (non-hydrogen) atoms. The fourth-order valence-corrected chi connectivity index (χ4v) is 2.78. The van der Waals surface area contributed by atoms with Crippen molar-refractivity contribution in [2.45, 2.75) is 6.18 Å². The number of rotatable bonds is 6.